The highest BCUT2D eigenvalue weighted by Gasteiger charge is 2.17. The van der Waals surface area contributed by atoms with Crippen LogP contribution in [0.15, 0.2) is 47.6 Å². The lowest BCUT2D eigenvalue weighted by Crippen LogP contribution is -2.17. The van der Waals surface area contributed by atoms with Crippen molar-refractivity contribution in [1.29, 1.82) is 0 Å². The Morgan fingerprint density at radius 2 is 1.61 bits per heavy atom. The van der Waals surface area contributed by atoms with Gasteiger partial charge in [-0.2, -0.15) is 5.10 Å². The molecule has 2 aromatic carbocycles. The van der Waals surface area contributed by atoms with E-state index in [4.69, 9.17) is 9.47 Å². The first-order chi connectivity index (χ1) is 18.2. The number of rotatable bonds is 7. The Labute approximate surface area is 219 Å². The Bertz CT molecular complexity index is 1560. The number of carbonyl (C=O) groups excluding carboxylic acids is 3. The molecule has 0 aliphatic carbocycles. The molecule has 0 spiro atoms. The minimum Gasteiger partial charge on any atom is -0.465 e. The molecule has 0 saturated heterocycles. The van der Waals surface area contributed by atoms with Gasteiger partial charge in [-0.3, -0.25) is 4.79 Å². The van der Waals surface area contributed by atoms with E-state index < -0.39 is 11.9 Å². The summed E-state index contributed by atoms with van der Waals surface area (Å²) in [6.07, 6.45) is 1.55. The fourth-order valence-corrected chi connectivity index (χ4v) is 4.54. The summed E-state index contributed by atoms with van der Waals surface area (Å²) < 4.78 is 13.6. The van der Waals surface area contributed by atoms with Crippen molar-refractivity contribution in [3.8, 4) is 5.69 Å². The van der Waals surface area contributed by atoms with Crippen LogP contribution in [0.25, 0.3) is 16.7 Å². The van der Waals surface area contributed by atoms with E-state index in [2.05, 4.69) is 20.1 Å². The van der Waals surface area contributed by atoms with Crippen LogP contribution < -0.4 is 5.43 Å². The van der Waals surface area contributed by atoms with Crippen LogP contribution in [0.2, 0.25) is 0 Å². The van der Waals surface area contributed by atoms with Crippen molar-refractivity contribution in [2.75, 3.05) is 14.2 Å². The third-order valence-electron chi connectivity index (χ3n) is 6.38. The molecule has 1 amide bonds. The number of fused-ring (bicyclic) bond motifs is 1. The highest BCUT2D eigenvalue weighted by atomic mass is 16.5. The van der Waals surface area contributed by atoms with Gasteiger partial charge in [-0.15, -0.1) is 0 Å². The molecule has 0 aliphatic rings. The molecule has 0 saturated carbocycles. The molecule has 0 aliphatic heterocycles. The highest BCUT2D eigenvalue weighted by molar-refractivity contribution is 5.98. The highest BCUT2D eigenvalue weighted by Crippen LogP contribution is 2.23. The molecule has 10 nitrogen and oxygen atoms in total. The molecule has 38 heavy (non-hydrogen) atoms. The van der Waals surface area contributed by atoms with Gasteiger partial charge in [0.1, 0.15) is 5.82 Å². The quantitative estimate of drug-likeness (QED) is 0.225. The lowest BCUT2D eigenvalue weighted by molar-refractivity contribution is 0.0598. The maximum absolute atomic E-state index is 12.7. The average molecular weight is 516 g/mol. The number of nitrogens with one attached hydrogen (secondary N) is 1. The van der Waals surface area contributed by atoms with Crippen molar-refractivity contribution in [2.45, 2.75) is 34.2 Å². The third kappa shape index (κ3) is 4.93. The van der Waals surface area contributed by atoms with Crippen LogP contribution in [0.1, 0.15) is 60.8 Å². The van der Waals surface area contributed by atoms with Crippen LogP contribution in [-0.2, 0) is 16.0 Å². The Morgan fingerprint density at radius 1 is 0.947 bits per heavy atom. The van der Waals surface area contributed by atoms with Crippen LogP contribution in [-0.4, -0.2) is 52.4 Å². The van der Waals surface area contributed by atoms with E-state index in [0.29, 0.717) is 11.3 Å². The monoisotopic (exact) mass is 515 g/mol. The van der Waals surface area contributed by atoms with Crippen LogP contribution in [0.5, 0.6) is 0 Å². The number of methoxy groups -OCH3 is 2. The molecule has 0 unspecified atom stereocenters. The van der Waals surface area contributed by atoms with E-state index in [9.17, 15) is 14.4 Å². The number of nitrogens with zero attached hydrogens (tertiary/aromatic N) is 4. The summed E-state index contributed by atoms with van der Waals surface area (Å²) in [5, 5.41) is 4.15. The van der Waals surface area contributed by atoms with Crippen LogP contribution in [0.3, 0.4) is 0 Å². The van der Waals surface area contributed by atoms with E-state index in [1.807, 2.05) is 44.4 Å². The van der Waals surface area contributed by atoms with Gasteiger partial charge >= 0.3 is 11.9 Å². The number of hydrogen-bond donors (Lipinski definition) is 1. The molecule has 2 aromatic heterocycles. The molecule has 2 heterocycles. The number of carbonyl (C=O) groups is 3. The maximum Gasteiger partial charge on any atom is 0.337 e. The van der Waals surface area contributed by atoms with Crippen LogP contribution >= 0.6 is 0 Å². The molecule has 0 radical (unpaired) electrons. The van der Waals surface area contributed by atoms with Gasteiger partial charge in [0.25, 0.3) is 5.91 Å². The number of amides is 1. The van der Waals surface area contributed by atoms with Gasteiger partial charge in [0.05, 0.1) is 42.6 Å². The minimum absolute atomic E-state index is 0.219. The fourth-order valence-electron chi connectivity index (χ4n) is 4.54. The van der Waals surface area contributed by atoms with Gasteiger partial charge in [0.2, 0.25) is 0 Å². The number of imidazole rings is 1. The number of benzene rings is 2. The molecule has 196 valence electrons. The number of aromatic nitrogens is 3. The number of aryl methyl sites for hydroxylation is 3. The minimum atomic E-state index is -0.571. The van der Waals surface area contributed by atoms with Gasteiger partial charge in [-0.25, -0.2) is 20.0 Å². The average Bonchev–Trinajstić information content (AvgIpc) is 3.39. The van der Waals surface area contributed by atoms with E-state index in [1.54, 1.807) is 30.5 Å². The molecular weight excluding hydrogens is 486 g/mol. The smallest absolute Gasteiger partial charge is 0.337 e. The second kappa shape index (κ2) is 10.7. The SMILES string of the molecule is CCn1c(C)nc2cc(C(=O)NN=Cc3cc(C)n(-c4cc(C(=O)OC)cc(C(=O)OC)c4)c3C)ccc21. The van der Waals surface area contributed by atoms with Crippen molar-refractivity contribution in [3.63, 3.8) is 0 Å². The first kappa shape index (κ1) is 26.3. The lowest BCUT2D eigenvalue weighted by Gasteiger charge is -2.13. The molecule has 0 bridgehead atoms. The summed E-state index contributed by atoms with van der Waals surface area (Å²) in [6, 6.07) is 12.0. The Hall–Kier alpha value is -4.73. The number of hydrazone groups is 1. The maximum atomic E-state index is 12.7. The largest absolute Gasteiger partial charge is 0.465 e. The van der Waals surface area contributed by atoms with Crippen molar-refractivity contribution in [2.24, 2.45) is 5.10 Å². The zero-order valence-electron chi connectivity index (χ0n) is 22.2. The Balaban J connectivity index is 1.60. The van der Waals surface area contributed by atoms with Crippen molar-refractivity contribution in [3.05, 3.63) is 81.9 Å². The van der Waals surface area contributed by atoms with E-state index >= 15 is 0 Å². The fraction of sp³-hybridized carbons (Fsp3) is 0.250. The number of hydrogen-bond acceptors (Lipinski definition) is 7. The van der Waals surface area contributed by atoms with Gasteiger partial charge in [0.15, 0.2) is 0 Å². The summed E-state index contributed by atoms with van der Waals surface area (Å²) in [5.74, 6) is -0.601. The Kier molecular flexibility index (Phi) is 7.43. The Morgan fingerprint density at radius 3 is 2.21 bits per heavy atom. The van der Waals surface area contributed by atoms with E-state index in [-0.39, 0.29) is 17.0 Å². The second-order valence-electron chi connectivity index (χ2n) is 8.72. The second-order valence-corrected chi connectivity index (χ2v) is 8.72. The van der Waals surface area contributed by atoms with Gasteiger partial charge < -0.3 is 18.6 Å². The molecule has 1 N–H and O–H groups in total. The topological polar surface area (TPSA) is 117 Å². The molecule has 0 fully saturated rings. The number of esters is 2. The molecule has 10 heteroatoms. The first-order valence-electron chi connectivity index (χ1n) is 12.0. The normalized spacial score (nSPS) is 11.2. The third-order valence-corrected chi connectivity index (χ3v) is 6.38. The molecule has 4 rings (SSSR count). The van der Waals surface area contributed by atoms with Crippen LogP contribution in [0, 0.1) is 20.8 Å². The standard InChI is InChI=1S/C28H29N5O5/c1-7-32-18(4)30-24-14-19(8-9-25(24)32)26(34)31-29-15-22-10-16(2)33(17(22)3)23-12-20(27(35)37-5)11-21(13-23)28(36)38-6/h8-15H,7H2,1-6H3,(H,31,34). The molecule has 4 aromatic rings. The molecule has 0 atom stereocenters. The number of ether oxygens (including phenoxy) is 2. The van der Waals surface area contributed by atoms with Crippen molar-refractivity contribution >= 4 is 35.1 Å². The first-order valence-corrected chi connectivity index (χ1v) is 12.0. The van der Waals surface area contributed by atoms with Crippen LogP contribution in [0.4, 0.5) is 0 Å². The molecular formula is C28H29N5O5. The zero-order chi connectivity index (χ0) is 27.6. The summed E-state index contributed by atoms with van der Waals surface area (Å²) in [7, 11) is 2.55. The lowest BCUT2D eigenvalue weighted by atomic mass is 10.1. The predicted octanol–water partition coefficient (Wildman–Crippen LogP) is 4.11. The van der Waals surface area contributed by atoms with Gasteiger partial charge in [-0.1, -0.05) is 0 Å². The van der Waals surface area contributed by atoms with Gasteiger partial charge in [-0.05, 0) is 70.2 Å². The predicted molar refractivity (Wildman–Crippen MR) is 143 cm³/mol. The zero-order valence-corrected chi connectivity index (χ0v) is 22.2. The van der Waals surface area contributed by atoms with E-state index in [0.717, 1.165) is 40.4 Å². The summed E-state index contributed by atoms with van der Waals surface area (Å²) in [4.78, 5) is 41.7. The summed E-state index contributed by atoms with van der Waals surface area (Å²) in [6.45, 7) is 8.55. The van der Waals surface area contributed by atoms with Gasteiger partial charge in [0, 0.05) is 34.7 Å². The van der Waals surface area contributed by atoms with E-state index in [1.165, 1.54) is 20.3 Å². The summed E-state index contributed by atoms with van der Waals surface area (Å²) in [5.41, 5.74) is 8.15. The van der Waals surface area contributed by atoms with Crippen molar-refractivity contribution in [1.82, 2.24) is 19.5 Å². The van der Waals surface area contributed by atoms with Crippen molar-refractivity contribution < 1.29 is 23.9 Å². The summed E-state index contributed by atoms with van der Waals surface area (Å²) >= 11 is 0.